The van der Waals surface area contributed by atoms with Crippen LogP contribution in [0.1, 0.15) is 30.8 Å². The van der Waals surface area contributed by atoms with E-state index in [1.165, 1.54) is 11.1 Å². The van der Waals surface area contributed by atoms with Gasteiger partial charge in [0.25, 0.3) is 0 Å². The van der Waals surface area contributed by atoms with E-state index in [1.54, 1.807) is 30.8 Å². The normalized spacial score (nSPS) is 16.5. The summed E-state index contributed by atoms with van der Waals surface area (Å²) < 4.78 is 1.62. The topological polar surface area (TPSA) is 98.8 Å². The Labute approximate surface area is 156 Å². The van der Waals surface area contributed by atoms with E-state index in [0.29, 0.717) is 17.5 Å². The van der Waals surface area contributed by atoms with Crippen LogP contribution in [0.2, 0.25) is 0 Å². The molecule has 0 spiro atoms. The lowest BCUT2D eigenvalue weighted by atomic mass is 10.1. The van der Waals surface area contributed by atoms with Crippen molar-refractivity contribution in [2.45, 2.75) is 39.2 Å². The minimum Gasteiger partial charge on any atom is -0.351 e. The van der Waals surface area contributed by atoms with Gasteiger partial charge in [-0.25, -0.2) is 9.97 Å². The molecule has 0 bridgehead atoms. The second-order valence-corrected chi connectivity index (χ2v) is 6.75. The van der Waals surface area contributed by atoms with Gasteiger partial charge in [0.05, 0.1) is 4.92 Å². The van der Waals surface area contributed by atoms with Crippen LogP contribution in [-0.4, -0.2) is 30.5 Å². The highest BCUT2D eigenvalue weighted by atomic mass is 16.6. The molecule has 0 unspecified atom stereocenters. The fourth-order valence-corrected chi connectivity index (χ4v) is 3.60. The van der Waals surface area contributed by atoms with Crippen molar-refractivity contribution in [2.75, 3.05) is 5.32 Å². The zero-order chi connectivity index (χ0) is 19.0. The summed E-state index contributed by atoms with van der Waals surface area (Å²) in [6.45, 7) is 3.42. The van der Waals surface area contributed by atoms with Crippen molar-refractivity contribution < 1.29 is 4.92 Å². The molecule has 138 valence electrons. The van der Waals surface area contributed by atoms with E-state index in [-0.39, 0.29) is 17.5 Å². The maximum atomic E-state index is 11.6. The first kappa shape index (κ1) is 17.1. The van der Waals surface area contributed by atoms with Crippen LogP contribution in [0.3, 0.4) is 0 Å². The molecule has 0 saturated heterocycles. The van der Waals surface area contributed by atoms with Gasteiger partial charge < -0.3 is 5.32 Å². The smallest absolute Gasteiger partial charge is 0.333 e. The van der Waals surface area contributed by atoms with E-state index in [9.17, 15) is 10.1 Å². The van der Waals surface area contributed by atoms with Crippen LogP contribution >= 0.6 is 0 Å². The van der Waals surface area contributed by atoms with Gasteiger partial charge in [0.15, 0.2) is 0 Å². The Balaban J connectivity index is 1.65. The van der Waals surface area contributed by atoms with E-state index in [0.717, 1.165) is 19.3 Å². The van der Waals surface area contributed by atoms with Gasteiger partial charge in [0, 0.05) is 18.4 Å². The molecule has 2 aromatic rings. The Morgan fingerprint density at radius 1 is 1.19 bits per heavy atom. The Hall–Kier alpha value is -3.29. The lowest BCUT2D eigenvalue weighted by Gasteiger charge is -2.15. The fraction of sp³-hybridized carbons (Fsp3) is 0.316. The monoisotopic (exact) mass is 364 g/mol. The number of nitro groups is 1. The number of hydrogen-bond donors (Lipinski definition) is 1. The second-order valence-electron chi connectivity index (χ2n) is 6.75. The maximum absolute atomic E-state index is 11.6. The first-order valence-electron chi connectivity index (χ1n) is 8.88. The van der Waals surface area contributed by atoms with E-state index >= 15 is 0 Å². The Kier molecular flexibility index (Phi) is 4.31. The highest BCUT2D eigenvalue weighted by Gasteiger charge is 2.27. The minimum absolute atomic E-state index is 0.104. The SMILES string of the molecule is Cc1nc(NC2CC3=C(C=CCC=C3)C2)nc(-n2ccnc2C)c1[N+](=O)[O-]. The molecule has 0 fully saturated rings. The highest BCUT2D eigenvalue weighted by Crippen LogP contribution is 2.32. The lowest BCUT2D eigenvalue weighted by Crippen LogP contribution is -2.20. The van der Waals surface area contributed by atoms with E-state index in [1.807, 2.05) is 0 Å². The highest BCUT2D eigenvalue weighted by molar-refractivity contribution is 5.54. The summed E-state index contributed by atoms with van der Waals surface area (Å²) in [5, 5.41) is 14.9. The van der Waals surface area contributed by atoms with Gasteiger partial charge in [-0.1, -0.05) is 24.3 Å². The molecule has 0 atom stereocenters. The maximum Gasteiger partial charge on any atom is 0.333 e. The summed E-state index contributed by atoms with van der Waals surface area (Å²) in [5.41, 5.74) is 2.87. The summed E-state index contributed by atoms with van der Waals surface area (Å²) >= 11 is 0. The molecule has 8 nitrogen and oxygen atoms in total. The minimum atomic E-state index is -0.442. The van der Waals surface area contributed by atoms with Crippen molar-refractivity contribution in [1.82, 2.24) is 19.5 Å². The van der Waals surface area contributed by atoms with Gasteiger partial charge in [-0.15, -0.1) is 0 Å². The number of nitrogens with zero attached hydrogens (tertiary/aromatic N) is 5. The van der Waals surface area contributed by atoms with Crippen LogP contribution in [0.25, 0.3) is 5.82 Å². The molecule has 0 radical (unpaired) electrons. The van der Waals surface area contributed by atoms with Crippen LogP contribution < -0.4 is 5.32 Å². The van der Waals surface area contributed by atoms with Crippen molar-refractivity contribution in [3.8, 4) is 5.82 Å². The third-order valence-corrected chi connectivity index (χ3v) is 4.86. The van der Waals surface area contributed by atoms with Crippen molar-refractivity contribution in [3.05, 3.63) is 69.5 Å². The molecule has 0 aromatic carbocycles. The van der Waals surface area contributed by atoms with Crippen molar-refractivity contribution in [2.24, 2.45) is 0 Å². The number of aryl methyl sites for hydroxylation is 2. The molecule has 27 heavy (non-hydrogen) atoms. The average molecular weight is 364 g/mol. The Morgan fingerprint density at radius 3 is 2.48 bits per heavy atom. The number of anilines is 1. The molecule has 8 heteroatoms. The van der Waals surface area contributed by atoms with Gasteiger partial charge in [0.1, 0.15) is 11.5 Å². The molecule has 0 saturated carbocycles. The van der Waals surface area contributed by atoms with E-state index < -0.39 is 4.92 Å². The zero-order valence-electron chi connectivity index (χ0n) is 15.2. The van der Waals surface area contributed by atoms with Crippen LogP contribution in [0.15, 0.2) is 47.8 Å². The van der Waals surface area contributed by atoms with Crippen molar-refractivity contribution in [3.63, 3.8) is 0 Å². The second kappa shape index (κ2) is 6.79. The van der Waals surface area contributed by atoms with Gasteiger partial charge in [-0.3, -0.25) is 14.7 Å². The molecule has 4 rings (SSSR count). The standard InChI is InChI=1S/C19H20N6O2/c1-12-17(25(26)27)18(24-9-8-20-13(24)2)23-19(21-12)22-16-10-14-6-4-3-5-7-15(14)11-16/h4-9,16H,3,10-11H2,1-2H3,(H,21,22,23). The predicted octanol–water partition coefficient (Wildman–Crippen LogP) is 3.57. The van der Waals surface area contributed by atoms with Crippen LogP contribution in [0.5, 0.6) is 0 Å². The molecule has 0 amide bonds. The van der Waals surface area contributed by atoms with E-state index in [2.05, 4.69) is 44.6 Å². The number of aromatic nitrogens is 4. The Morgan fingerprint density at radius 2 is 1.89 bits per heavy atom. The molecule has 2 heterocycles. The first-order valence-corrected chi connectivity index (χ1v) is 8.88. The molecule has 0 aliphatic heterocycles. The molecule has 1 N–H and O–H groups in total. The summed E-state index contributed by atoms with van der Waals surface area (Å²) in [6, 6.07) is 0.167. The molecule has 2 aliphatic carbocycles. The fourth-order valence-electron chi connectivity index (χ4n) is 3.60. The summed E-state index contributed by atoms with van der Waals surface area (Å²) in [5.74, 6) is 1.26. The number of hydrogen-bond acceptors (Lipinski definition) is 6. The summed E-state index contributed by atoms with van der Waals surface area (Å²) in [7, 11) is 0. The van der Waals surface area contributed by atoms with Gasteiger partial charge >= 0.3 is 5.69 Å². The average Bonchev–Trinajstić information content (AvgIpc) is 3.13. The van der Waals surface area contributed by atoms with Crippen molar-refractivity contribution >= 4 is 11.6 Å². The van der Waals surface area contributed by atoms with Gasteiger partial charge in [-0.05, 0) is 44.3 Å². The number of allylic oxidation sites excluding steroid dienone is 4. The zero-order valence-corrected chi connectivity index (χ0v) is 15.2. The predicted molar refractivity (Wildman–Crippen MR) is 102 cm³/mol. The largest absolute Gasteiger partial charge is 0.351 e. The molecular weight excluding hydrogens is 344 g/mol. The third-order valence-electron chi connectivity index (χ3n) is 4.86. The number of imidazole rings is 1. The lowest BCUT2D eigenvalue weighted by molar-refractivity contribution is -0.385. The van der Waals surface area contributed by atoms with E-state index in [4.69, 9.17) is 0 Å². The van der Waals surface area contributed by atoms with Crippen LogP contribution in [0.4, 0.5) is 11.6 Å². The summed E-state index contributed by atoms with van der Waals surface area (Å²) in [6.07, 6.45) is 14.7. The molecular formula is C19H20N6O2. The van der Waals surface area contributed by atoms with Crippen LogP contribution in [0, 0.1) is 24.0 Å². The quantitative estimate of drug-likeness (QED) is 0.658. The first-order chi connectivity index (χ1) is 13.0. The number of nitrogens with one attached hydrogen (secondary N) is 1. The molecule has 2 aliphatic rings. The summed E-state index contributed by atoms with van der Waals surface area (Å²) in [4.78, 5) is 24.1. The third kappa shape index (κ3) is 3.25. The van der Waals surface area contributed by atoms with Crippen LogP contribution in [-0.2, 0) is 0 Å². The molecule has 2 aromatic heterocycles. The van der Waals surface area contributed by atoms with Gasteiger partial charge in [-0.2, -0.15) is 4.98 Å². The Bertz CT molecular complexity index is 978. The van der Waals surface area contributed by atoms with Crippen molar-refractivity contribution in [1.29, 1.82) is 0 Å². The number of rotatable bonds is 4. The van der Waals surface area contributed by atoms with Gasteiger partial charge in [0.2, 0.25) is 11.8 Å².